The Balaban J connectivity index is 1.38. The zero-order chi connectivity index (χ0) is 22.7. The van der Waals surface area contributed by atoms with Crippen LogP contribution in [-0.4, -0.2) is 27.6 Å². The molecule has 0 radical (unpaired) electrons. The Bertz CT molecular complexity index is 1380. The number of H-pyrrole nitrogens is 2. The highest BCUT2D eigenvalue weighted by molar-refractivity contribution is 7.71. The lowest BCUT2D eigenvalue weighted by molar-refractivity contribution is -0.121. The summed E-state index contributed by atoms with van der Waals surface area (Å²) < 4.78 is 7.21. The number of carbonyl (C=O) groups is 1. The number of hydrogen-bond donors (Lipinski definition) is 3. The van der Waals surface area contributed by atoms with Crippen LogP contribution in [0.1, 0.15) is 30.4 Å². The minimum atomic E-state index is -0.164. The molecule has 32 heavy (non-hydrogen) atoms. The van der Waals surface area contributed by atoms with E-state index in [9.17, 15) is 9.59 Å². The third-order valence-electron chi connectivity index (χ3n) is 5.59. The first-order valence-corrected chi connectivity index (χ1v) is 11.0. The van der Waals surface area contributed by atoms with Crippen molar-refractivity contribution in [2.75, 3.05) is 7.11 Å². The van der Waals surface area contributed by atoms with Crippen molar-refractivity contribution in [3.63, 3.8) is 0 Å². The van der Waals surface area contributed by atoms with Gasteiger partial charge in [0.15, 0.2) is 4.77 Å². The Morgan fingerprint density at radius 2 is 1.88 bits per heavy atom. The molecule has 0 saturated carbocycles. The van der Waals surface area contributed by atoms with Gasteiger partial charge in [0.1, 0.15) is 11.3 Å². The van der Waals surface area contributed by atoms with Gasteiger partial charge >= 0.3 is 0 Å². The maximum atomic E-state index is 13.0. The average molecular weight is 451 g/mol. The molecule has 8 heteroatoms. The molecule has 0 aliphatic rings. The fourth-order valence-electron chi connectivity index (χ4n) is 3.74. The second-order valence-electron chi connectivity index (χ2n) is 7.89. The van der Waals surface area contributed by atoms with Crippen LogP contribution in [0.3, 0.4) is 0 Å². The highest BCUT2D eigenvalue weighted by Crippen LogP contribution is 2.25. The maximum Gasteiger partial charge on any atom is 0.278 e. The molecule has 4 aromatic rings. The van der Waals surface area contributed by atoms with E-state index in [-0.39, 0.29) is 11.5 Å². The van der Waals surface area contributed by atoms with Crippen molar-refractivity contribution < 1.29 is 9.53 Å². The molecule has 2 heterocycles. The number of aromatic nitrogens is 3. The Kier molecular flexibility index (Phi) is 6.41. The number of benzene rings is 2. The minimum Gasteiger partial charge on any atom is -0.497 e. The molecular weight excluding hydrogens is 424 g/mol. The Morgan fingerprint density at radius 1 is 1.09 bits per heavy atom. The highest BCUT2D eigenvalue weighted by Gasteiger charge is 2.12. The lowest BCUT2D eigenvalue weighted by Gasteiger charge is -2.08. The van der Waals surface area contributed by atoms with Crippen molar-refractivity contribution in [1.82, 2.24) is 19.9 Å². The van der Waals surface area contributed by atoms with Crippen LogP contribution in [0.25, 0.3) is 21.9 Å². The van der Waals surface area contributed by atoms with E-state index in [1.165, 1.54) is 5.56 Å². The molecule has 0 aliphatic heterocycles. The SMILES string of the molecule is COc1ccc2[nH]c3c(=O)n(CCCCC(=O)NCc4ccc(C)cc4)c(=S)[nH]c3c2c1. The molecule has 0 fully saturated rings. The van der Waals surface area contributed by atoms with Crippen LogP contribution in [0.15, 0.2) is 47.3 Å². The molecule has 0 atom stereocenters. The van der Waals surface area contributed by atoms with Crippen molar-refractivity contribution in [3.8, 4) is 5.75 Å². The molecule has 0 spiro atoms. The first-order valence-electron chi connectivity index (χ1n) is 10.6. The average Bonchev–Trinajstić information content (AvgIpc) is 3.16. The summed E-state index contributed by atoms with van der Waals surface area (Å²) in [6.45, 7) is 3.01. The number of fused-ring (bicyclic) bond motifs is 3. The van der Waals surface area contributed by atoms with Crippen LogP contribution in [0, 0.1) is 11.7 Å². The van der Waals surface area contributed by atoms with Gasteiger partial charge in [-0.05, 0) is 55.7 Å². The van der Waals surface area contributed by atoms with Crippen LogP contribution < -0.4 is 15.6 Å². The van der Waals surface area contributed by atoms with Gasteiger partial charge in [-0.2, -0.15) is 0 Å². The van der Waals surface area contributed by atoms with Crippen LogP contribution in [0.2, 0.25) is 0 Å². The fourth-order valence-corrected chi connectivity index (χ4v) is 4.02. The van der Waals surface area contributed by atoms with Gasteiger partial charge in [0, 0.05) is 30.4 Å². The molecule has 1 amide bonds. The number of unbranched alkanes of at least 4 members (excludes halogenated alkanes) is 1. The van der Waals surface area contributed by atoms with Crippen LogP contribution in [0.5, 0.6) is 5.75 Å². The number of rotatable bonds is 8. The Hall–Kier alpha value is -3.39. The summed E-state index contributed by atoms with van der Waals surface area (Å²) in [5.41, 5.74) is 4.11. The number of carbonyl (C=O) groups excluding carboxylic acids is 1. The minimum absolute atomic E-state index is 0.00287. The van der Waals surface area contributed by atoms with E-state index in [2.05, 4.69) is 15.3 Å². The number of hydrogen-bond acceptors (Lipinski definition) is 4. The van der Waals surface area contributed by atoms with Gasteiger partial charge in [0.05, 0.1) is 12.6 Å². The lowest BCUT2D eigenvalue weighted by Crippen LogP contribution is -2.24. The molecule has 3 N–H and O–H groups in total. The quantitative estimate of drug-likeness (QED) is 0.275. The van der Waals surface area contributed by atoms with Gasteiger partial charge in [-0.1, -0.05) is 29.8 Å². The molecule has 0 aliphatic carbocycles. The van der Waals surface area contributed by atoms with E-state index in [1.807, 2.05) is 49.4 Å². The number of amides is 1. The number of ether oxygens (including phenoxy) is 1. The van der Waals surface area contributed by atoms with Gasteiger partial charge in [0.2, 0.25) is 5.91 Å². The summed E-state index contributed by atoms with van der Waals surface area (Å²) in [4.78, 5) is 31.5. The lowest BCUT2D eigenvalue weighted by atomic mass is 10.1. The Labute approximate surface area is 190 Å². The number of nitrogens with zero attached hydrogens (tertiary/aromatic N) is 1. The largest absolute Gasteiger partial charge is 0.497 e. The molecule has 7 nitrogen and oxygen atoms in total. The van der Waals surface area contributed by atoms with Gasteiger partial charge in [-0.3, -0.25) is 14.2 Å². The predicted molar refractivity (Wildman–Crippen MR) is 129 cm³/mol. The van der Waals surface area contributed by atoms with Gasteiger partial charge in [-0.15, -0.1) is 0 Å². The van der Waals surface area contributed by atoms with E-state index in [4.69, 9.17) is 17.0 Å². The highest BCUT2D eigenvalue weighted by atomic mass is 32.1. The topological polar surface area (TPSA) is 91.9 Å². The van der Waals surface area contributed by atoms with Crippen molar-refractivity contribution in [2.45, 2.75) is 39.3 Å². The van der Waals surface area contributed by atoms with Crippen molar-refractivity contribution in [3.05, 3.63) is 68.7 Å². The summed E-state index contributed by atoms with van der Waals surface area (Å²) in [5, 5.41) is 3.80. The van der Waals surface area contributed by atoms with Crippen LogP contribution in [0.4, 0.5) is 0 Å². The van der Waals surface area contributed by atoms with E-state index in [0.29, 0.717) is 53.9 Å². The molecule has 0 unspecified atom stereocenters. The van der Waals surface area contributed by atoms with E-state index < -0.39 is 0 Å². The molecule has 0 saturated heterocycles. The predicted octanol–water partition coefficient (Wildman–Crippen LogP) is 4.34. The first-order chi connectivity index (χ1) is 15.5. The molecule has 2 aromatic heterocycles. The van der Waals surface area contributed by atoms with Crippen LogP contribution in [-0.2, 0) is 17.9 Å². The Morgan fingerprint density at radius 3 is 2.62 bits per heavy atom. The summed E-state index contributed by atoms with van der Waals surface area (Å²) in [6.07, 6.45) is 1.75. The molecule has 0 bridgehead atoms. The third-order valence-corrected chi connectivity index (χ3v) is 5.91. The fraction of sp³-hybridized carbons (Fsp3) is 0.292. The number of nitrogens with one attached hydrogen (secondary N) is 3. The summed E-state index contributed by atoms with van der Waals surface area (Å²) in [7, 11) is 1.61. The zero-order valence-corrected chi connectivity index (χ0v) is 19.0. The van der Waals surface area contributed by atoms with Crippen LogP contribution >= 0.6 is 12.2 Å². The summed E-state index contributed by atoms with van der Waals surface area (Å²) >= 11 is 5.45. The van der Waals surface area contributed by atoms with E-state index in [0.717, 1.165) is 16.5 Å². The standard InChI is InChI=1S/C24H26N4O3S/c1-15-6-8-16(9-7-15)14-25-20(29)5-3-4-12-28-23(30)22-21(27-24(28)32)18-13-17(31-2)10-11-19(18)26-22/h6-11,13,26H,3-5,12,14H2,1-2H3,(H,25,29)(H,27,32). The second-order valence-corrected chi connectivity index (χ2v) is 8.28. The number of aromatic amines is 2. The van der Waals surface area contributed by atoms with Gasteiger partial charge < -0.3 is 20.0 Å². The normalized spacial score (nSPS) is 11.2. The summed E-state index contributed by atoms with van der Waals surface area (Å²) in [5.74, 6) is 0.714. The van der Waals surface area contributed by atoms with Crippen molar-refractivity contribution >= 4 is 40.1 Å². The molecule has 166 valence electrons. The van der Waals surface area contributed by atoms with Crippen molar-refractivity contribution in [1.29, 1.82) is 0 Å². The summed E-state index contributed by atoms with van der Waals surface area (Å²) in [6, 6.07) is 13.7. The zero-order valence-electron chi connectivity index (χ0n) is 18.2. The first kappa shape index (κ1) is 21.8. The molecule has 2 aromatic carbocycles. The monoisotopic (exact) mass is 450 g/mol. The van der Waals surface area contributed by atoms with Crippen molar-refractivity contribution in [2.24, 2.45) is 0 Å². The number of methoxy groups -OCH3 is 1. The molecule has 4 rings (SSSR count). The number of aryl methyl sites for hydroxylation is 1. The van der Waals surface area contributed by atoms with E-state index in [1.54, 1.807) is 11.7 Å². The maximum absolute atomic E-state index is 13.0. The second kappa shape index (κ2) is 9.40. The smallest absolute Gasteiger partial charge is 0.278 e. The van der Waals surface area contributed by atoms with Gasteiger partial charge in [-0.25, -0.2) is 0 Å². The van der Waals surface area contributed by atoms with E-state index >= 15 is 0 Å². The van der Waals surface area contributed by atoms with Gasteiger partial charge in [0.25, 0.3) is 5.56 Å². The third kappa shape index (κ3) is 4.60. The molecular formula is C24H26N4O3S.